The lowest BCUT2D eigenvalue weighted by molar-refractivity contribution is -0.149. The molecule has 0 radical (unpaired) electrons. The molecular formula is C28H26ClFN4O5S2. The van der Waals surface area contributed by atoms with Crippen LogP contribution in [0.15, 0.2) is 42.6 Å². The number of halogens is 2. The highest BCUT2D eigenvalue weighted by atomic mass is 35.5. The van der Waals surface area contributed by atoms with Gasteiger partial charge in [0.25, 0.3) is 0 Å². The number of amides is 1. The maximum Gasteiger partial charge on any atom is 0.305 e. The zero-order valence-corrected chi connectivity index (χ0v) is 24.6. The lowest BCUT2D eigenvalue weighted by Crippen LogP contribution is -2.35. The zero-order valence-electron chi connectivity index (χ0n) is 22.2. The van der Waals surface area contributed by atoms with Crippen molar-refractivity contribution < 1.29 is 28.2 Å². The highest BCUT2D eigenvalue weighted by Crippen LogP contribution is 2.38. The van der Waals surface area contributed by atoms with E-state index in [2.05, 4.69) is 15.3 Å². The molecular weight excluding hydrogens is 591 g/mol. The molecule has 1 saturated heterocycles. The Labute approximate surface area is 248 Å². The summed E-state index contributed by atoms with van der Waals surface area (Å²) in [4.78, 5) is 48.2. The van der Waals surface area contributed by atoms with E-state index < -0.39 is 23.9 Å². The van der Waals surface area contributed by atoms with Crippen LogP contribution in [0.25, 0.3) is 10.2 Å². The topological polar surface area (TPSA) is 111 Å². The summed E-state index contributed by atoms with van der Waals surface area (Å²) in [7, 11) is 1.33. The SMILES string of the molecule is COC(=O)CCc1cnc([C@@H]2[C@@H](OC(C)=O)CCN2C(=O)Cc2cc(Cl)c(Nc3nc4ccccc4s3)cc2F)s1. The van der Waals surface area contributed by atoms with Gasteiger partial charge in [-0.3, -0.25) is 14.4 Å². The van der Waals surface area contributed by atoms with E-state index in [0.29, 0.717) is 35.2 Å². The van der Waals surface area contributed by atoms with Crippen molar-refractivity contribution in [3.05, 3.63) is 68.9 Å². The maximum atomic E-state index is 15.2. The predicted molar refractivity (Wildman–Crippen MR) is 155 cm³/mol. The third kappa shape index (κ3) is 6.66. The van der Waals surface area contributed by atoms with Gasteiger partial charge in [-0.25, -0.2) is 14.4 Å². The van der Waals surface area contributed by atoms with Crippen molar-refractivity contribution in [2.75, 3.05) is 19.0 Å². The summed E-state index contributed by atoms with van der Waals surface area (Å²) in [5, 5.41) is 4.47. The van der Waals surface area contributed by atoms with Gasteiger partial charge in [0.15, 0.2) is 5.13 Å². The van der Waals surface area contributed by atoms with Crippen LogP contribution in [-0.4, -0.2) is 52.5 Å². The number of rotatable bonds is 9. The molecule has 214 valence electrons. The number of aryl methyl sites for hydroxylation is 1. The molecule has 2 aromatic carbocycles. The maximum absolute atomic E-state index is 15.2. The van der Waals surface area contributed by atoms with Gasteiger partial charge in [-0.15, -0.1) is 11.3 Å². The van der Waals surface area contributed by atoms with Gasteiger partial charge >= 0.3 is 11.9 Å². The molecule has 0 unspecified atom stereocenters. The fourth-order valence-corrected chi connectivity index (χ4v) is 6.89. The number of carbonyl (C=O) groups is 3. The number of nitrogens with zero attached hydrogens (tertiary/aromatic N) is 3. The van der Waals surface area contributed by atoms with Gasteiger partial charge in [-0.1, -0.05) is 35.1 Å². The molecule has 0 saturated carbocycles. The largest absolute Gasteiger partial charge is 0.469 e. The average molecular weight is 617 g/mol. The quantitative estimate of drug-likeness (QED) is 0.234. The van der Waals surface area contributed by atoms with Crippen LogP contribution in [0.4, 0.5) is 15.2 Å². The number of anilines is 2. The number of esters is 2. The number of likely N-dealkylation sites (tertiary alicyclic amines) is 1. The first-order valence-corrected chi connectivity index (χ1v) is 14.8. The van der Waals surface area contributed by atoms with Gasteiger partial charge in [0.05, 0.1) is 40.9 Å². The molecule has 13 heteroatoms. The Morgan fingerprint density at radius 2 is 2.02 bits per heavy atom. The van der Waals surface area contributed by atoms with Gasteiger partial charge in [-0.05, 0) is 36.2 Å². The van der Waals surface area contributed by atoms with E-state index >= 15 is 4.39 Å². The number of carbonyl (C=O) groups excluding carboxylic acids is 3. The number of aromatic nitrogens is 2. The number of ether oxygens (including phenoxy) is 2. The van der Waals surface area contributed by atoms with Crippen molar-refractivity contribution in [1.29, 1.82) is 0 Å². The van der Waals surface area contributed by atoms with Crippen LogP contribution in [0.3, 0.4) is 0 Å². The Morgan fingerprint density at radius 3 is 2.78 bits per heavy atom. The summed E-state index contributed by atoms with van der Waals surface area (Å²) in [6.07, 6.45) is 1.86. The average Bonchev–Trinajstić information content (AvgIpc) is 3.67. The second-order valence-corrected chi connectivity index (χ2v) is 12.0. The van der Waals surface area contributed by atoms with Gasteiger partial charge < -0.3 is 19.7 Å². The van der Waals surface area contributed by atoms with Crippen LogP contribution in [0.5, 0.6) is 0 Å². The first-order chi connectivity index (χ1) is 19.7. The van der Waals surface area contributed by atoms with Gasteiger partial charge in [0.1, 0.15) is 23.0 Å². The van der Waals surface area contributed by atoms with Crippen LogP contribution in [0.2, 0.25) is 5.02 Å². The standard InChI is InChI=1S/C28H26ClFN4O5S2/c1-15(35)39-22-9-10-34(26(22)27-31-14-17(40-27)7-8-25(37)38-2)24(36)12-16-11-18(29)21(13-19(16)30)33-28-32-20-5-3-4-6-23(20)41-28/h3-6,11,13-14,22,26H,7-10,12H2,1-2H3,(H,32,33)/t22-,26-/m0/s1. The van der Waals surface area contributed by atoms with Crippen LogP contribution in [-0.2, 0) is 36.7 Å². The lowest BCUT2D eigenvalue weighted by atomic mass is 10.1. The van der Waals surface area contributed by atoms with Gasteiger partial charge in [0.2, 0.25) is 5.91 Å². The predicted octanol–water partition coefficient (Wildman–Crippen LogP) is 5.84. The summed E-state index contributed by atoms with van der Waals surface area (Å²) < 4.78 is 26.4. The molecule has 0 aliphatic carbocycles. The molecule has 4 aromatic rings. The molecule has 2 atom stereocenters. The Bertz CT molecular complexity index is 1580. The molecule has 1 aliphatic heterocycles. The van der Waals surface area contributed by atoms with E-state index in [9.17, 15) is 14.4 Å². The number of fused-ring (bicyclic) bond motifs is 1. The van der Waals surface area contributed by atoms with Crippen molar-refractivity contribution in [2.45, 2.75) is 44.8 Å². The van der Waals surface area contributed by atoms with Crippen molar-refractivity contribution >= 4 is 73.2 Å². The van der Waals surface area contributed by atoms with Crippen molar-refractivity contribution in [3.8, 4) is 0 Å². The van der Waals surface area contributed by atoms with E-state index in [0.717, 1.165) is 15.1 Å². The third-order valence-electron chi connectivity index (χ3n) is 6.62. The monoisotopic (exact) mass is 616 g/mol. The zero-order chi connectivity index (χ0) is 29.1. The molecule has 1 N–H and O–H groups in total. The molecule has 0 bridgehead atoms. The number of thiazole rings is 2. The summed E-state index contributed by atoms with van der Waals surface area (Å²) in [5.41, 5.74) is 1.31. The number of benzene rings is 2. The number of hydrogen-bond acceptors (Lipinski definition) is 10. The van der Waals surface area contributed by atoms with Crippen LogP contribution in [0, 0.1) is 5.82 Å². The molecule has 1 amide bonds. The molecule has 1 fully saturated rings. The highest BCUT2D eigenvalue weighted by molar-refractivity contribution is 7.22. The number of methoxy groups -OCH3 is 1. The Hall–Kier alpha value is -3.61. The fourth-order valence-electron chi connectivity index (χ4n) is 4.70. The first kappa shape index (κ1) is 28.9. The molecule has 9 nitrogen and oxygen atoms in total. The first-order valence-electron chi connectivity index (χ1n) is 12.8. The highest BCUT2D eigenvalue weighted by Gasteiger charge is 2.42. The number of hydrogen-bond donors (Lipinski definition) is 1. The minimum absolute atomic E-state index is 0.141. The fraction of sp³-hybridized carbons (Fsp3) is 0.321. The summed E-state index contributed by atoms with van der Waals surface area (Å²) in [5.74, 6) is -1.74. The Morgan fingerprint density at radius 1 is 1.22 bits per heavy atom. The minimum atomic E-state index is -0.623. The van der Waals surface area contributed by atoms with E-state index in [1.165, 1.54) is 48.8 Å². The minimum Gasteiger partial charge on any atom is -0.469 e. The van der Waals surface area contributed by atoms with Gasteiger partial charge in [-0.2, -0.15) is 0 Å². The van der Waals surface area contributed by atoms with Crippen molar-refractivity contribution in [3.63, 3.8) is 0 Å². The third-order valence-corrected chi connectivity index (χ3v) is 9.01. The summed E-state index contributed by atoms with van der Waals surface area (Å²) in [6, 6.07) is 9.72. The van der Waals surface area contributed by atoms with E-state index in [-0.39, 0.29) is 35.3 Å². The smallest absolute Gasteiger partial charge is 0.305 e. The van der Waals surface area contributed by atoms with Crippen LogP contribution in [0.1, 0.15) is 41.3 Å². The molecule has 3 heterocycles. The summed E-state index contributed by atoms with van der Waals surface area (Å²) >= 11 is 9.25. The molecule has 0 spiro atoms. The Balaban J connectivity index is 1.33. The van der Waals surface area contributed by atoms with Crippen LogP contribution >= 0.6 is 34.3 Å². The normalized spacial score (nSPS) is 16.6. The van der Waals surface area contributed by atoms with Crippen molar-refractivity contribution in [2.24, 2.45) is 0 Å². The molecule has 2 aromatic heterocycles. The summed E-state index contributed by atoms with van der Waals surface area (Å²) in [6.45, 7) is 1.62. The van der Waals surface area contributed by atoms with E-state index in [1.807, 2.05) is 24.3 Å². The lowest BCUT2D eigenvalue weighted by Gasteiger charge is -2.26. The van der Waals surface area contributed by atoms with Crippen molar-refractivity contribution in [1.82, 2.24) is 14.9 Å². The number of nitrogens with one attached hydrogen (secondary N) is 1. The van der Waals surface area contributed by atoms with E-state index in [1.54, 1.807) is 11.1 Å². The Kier molecular flexibility index (Phi) is 8.81. The van der Waals surface area contributed by atoms with E-state index in [4.69, 9.17) is 21.1 Å². The van der Waals surface area contributed by atoms with Gasteiger partial charge in [0, 0.05) is 31.0 Å². The molecule has 1 aliphatic rings. The second-order valence-electron chi connectivity index (χ2n) is 9.42. The molecule has 41 heavy (non-hydrogen) atoms. The number of para-hydroxylation sites is 1. The molecule has 5 rings (SSSR count). The van der Waals surface area contributed by atoms with Crippen LogP contribution < -0.4 is 5.32 Å². The second kappa shape index (κ2) is 12.5.